The van der Waals surface area contributed by atoms with Gasteiger partial charge in [-0.05, 0) is 30.1 Å². The van der Waals surface area contributed by atoms with Crippen molar-refractivity contribution in [2.45, 2.75) is 59.8 Å². The summed E-state index contributed by atoms with van der Waals surface area (Å²) in [5, 5.41) is 0. The van der Waals surface area contributed by atoms with Crippen molar-refractivity contribution in [3.05, 3.63) is 0 Å². The Labute approximate surface area is 77.7 Å². The molecule has 0 nitrogen and oxygen atoms in total. The zero-order chi connectivity index (χ0) is 9.19. The van der Waals surface area contributed by atoms with Gasteiger partial charge in [0.1, 0.15) is 0 Å². The summed E-state index contributed by atoms with van der Waals surface area (Å²) in [6, 6.07) is 0. The summed E-state index contributed by atoms with van der Waals surface area (Å²) >= 11 is 0. The maximum Gasteiger partial charge on any atom is -0.0295 e. The zero-order valence-electron chi connectivity index (χ0n) is 9.19. The Bertz CT molecular complexity index is 131. The van der Waals surface area contributed by atoms with Gasteiger partial charge in [0.05, 0.1) is 0 Å². The lowest BCUT2D eigenvalue weighted by molar-refractivity contribution is 0.0118. The maximum absolute atomic E-state index is 2.49. The molecular formula is C12H24. The van der Waals surface area contributed by atoms with Gasteiger partial charge in [-0.1, -0.05) is 47.0 Å². The molecule has 72 valence electrons. The van der Waals surface area contributed by atoms with Gasteiger partial charge in [0.15, 0.2) is 0 Å². The third-order valence-corrected chi connectivity index (χ3v) is 4.00. The van der Waals surface area contributed by atoms with E-state index in [4.69, 9.17) is 0 Å². The van der Waals surface area contributed by atoms with Gasteiger partial charge in [-0.3, -0.25) is 0 Å². The molecule has 1 saturated carbocycles. The normalized spacial score (nSPS) is 37.5. The predicted octanol–water partition coefficient (Wildman–Crippen LogP) is 4.25. The van der Waals surface area contributed by atoms with Gasteiger partial charge >= 0.3 is 0 Å². The van der Waals surface area contributed by atoms with Crippen molar-refractivity contribution in [1.82, 2.24) is 0 Å². The Morgan fingerprint density at radius 3 is 2.33 bits per heavy atom. The Morgan fingerprint density at radius 1 is 1.33 bits per heavy atom. The second-order valence-electron chi connectivity index (χ2n) is 5.03. The lowest BCUT2D eigenvalue weighted by atomic mass is 9.56. The third kappa shape index (κ3) is 1.84. The highest BCUT2D eigenvalue weighted by Gasteiger charge is 2.42. The quantitative estimate of drug-likeness (QED) is 0.588. The standard InChI is InChI=1S/C12H24/c1-5-7-10(3)12(4)8-11(6-2)9-12/h10-11H,5-9H2,1-4H3. The molecular weight excluding hydrogens is 144 g/mol. The summed E-state index contributed by atoms with van der Waals surface area (Å²) in [4.78, 5) is 0. The van der Waals surface area contributed by atoms with E-state index in [-0.39, 0.29) is 0 Å². The molecule has 1 aliphatic carbocycles. The molecule has 0 bridgehead atoms. The third-order valence-electron chi connectivity index (χ3n) is 4.00. The van der Waals surface area contributed by atoms with Crippen LogP contribution in [0.25, 0.3) is 0 Å². The van der Waals surface area contributed by atoms with E-state index in [1.807, 2.05) is 0 Å². The topological polar surface area (TPSA) is 0 Å². The van der Waals surface area contributed by atoms with Crippen LogP contribution in [0.3, 0.4) is 0 Å². The van der Waals surface area contributed by atoms with Crippen LogP contribution in [0.4, 0.5) is 0 Å². The molecule has 0 heterocycles. The Kier molecular flexibility index (Phi) is 3.20. The highest BCUT2D eigenvalue weighted by Crippen LogP contribution is 2.52. The fourth-order valence-electron chi connectivity index (χ4n) is 2.73. The molecule has 0 radical (unpaired) electrons. The lowest BCUT2D eigenvalue weighted by Crippen LogP contribution is -2.39. The van der Waals surface area contributed by atoms with Crippen LogP contribution in [0.1, 0.15) is 59.8 Å². The van der Waals surface area contributed by atoms with E-state index in [1.165, 1.54) is 32.1 Å². The summed E-state index contributed by atoms with van der Waals surface area (Å²) in [5.41, 5.74) is 0.705. The molecule has 0 N–H and O–H groups in total. The van der Waals surface area contributed by atoms with Gasteiger partial charge < -0.3 is 0 Å². The van der Waals surface area contributed by atoms with Crippen LogP contribution in [0.5, 0.6) is 0 Å². The summed E-state index contributed by atoms with van der Waals surface area (Å²) in [7, 11) is 0. The van der Waals surface area contributed by atoms with E-state index in [1.54, 1.807) is 0 Å². The monoisotopic (exact) mass is 168 g/mol. The van der Waals surface area contributed by atoms with Gasteiger partial charge in [0.25, 0.3) is 0 Å². The minimum Gasteiger partial charge on any atom is -0.0654 e. The Morgan fingerprint density at radius 2 is 1.92 bits per heavy atom. The molecule has 0 aliphatic heterocycles. The van der Waals surface area contributed by atoms with Gasteiger partial charge in [-0.2, -0.15) is 0 Å². The summed E-state index contributed by atoms with van der Waals surface area (Å²) in [5.74, 6) is 2.00. The average Bonchev–Trinajstić information content (AvgIpc) is 1.99. The van der Waals surface area contributed by atoms with Crippen molar-refractivity contribution >= 4 is 0 Å². The first-order valence-electron chi connectivity index (χ1n) is 5.62. The van der Waals surface area contributed by atoms with Crippen molar-refractivity contribution in [3.8, 4) is 0 Å². The van der Waals surface area contributed by atoms with Crippen molar-refractivity contribution < 1.29 is 0 Å². The molecule has 1 unspecified atom stereocenters. The Hall–Kier alpha value is 0. The van der Waals surface area contributed by atoms with E-state index >= 15 is 0 Å². The first-order valence-corrected chi connectivity index (χ1v) is 5.62. The molecule has 0 aromatic rings. The van der Waals surface area contributed by atoms with Crippen LogP contribution in [-0.4, -0.2) is 0 Å². The molecule has 0 amide bonds. The molecule has 0 saturated heterocycles. The number of hydrogen-bond donors (Lipinski definition) is 0. The second-order valence-corrected chi connectivity index (χ2v) is 5.03. The fraction of sp³-hybridized carbons (Fsp3) is 1.00. The van der Waals surface area contributed by atoms with Crippen molar-refractivity contribution in [1.29, 1.82) is 0 Å². The van der Waals surface area contributed by atoms with Crippen molar-refractivity contribution in [2.24, 2.45) is 17.3 Å². The van der Waals surface area contributed by atoms with E-state index in [0.717, 1.165) is 11.8 Å². The smallest absolute Gasteiger partial charge is 0.0295 e. The maximum atomic E-state index is 2.49. The SMILES string of the molecule is CCCC(C)C1(C)CC(CC)C1. The number of hydrogen-bond acceptors (Lipinski definition) is 0. The highest BCUT2D eigenvalue weighted by atomic mass is 14.5. The molecule has 0 aromatic heterocycles. The summed E-state index contributed by atoms with van der Waals surface area (Å²) in [6.45, 7) is 9.55. The first-order chi connectivity index (χ1) is 5.62. The zero-order valence-corrected chi connectivity index (χ0v) is 9.19. The summed E-state index contributed by atoms with van der Waals surface area (Å²) < 4.78 is 0. The Balaban J connectivity index is 2.32. The molecule has 0 spiro atoms. The molecule has 0 aromatic carbocycles. The minimum atomic E-state index is 0.705. The lowest BCUT2D eigenvalue weighted by Gasteiger charge is -2.49. The molecule has 12 heavy (non-hydrogen) atoms. The first kappa shape index (κ1) is 10.1. The van der Waals surface area contributed by atoms with Crippen LogP contribution in [0.2, 0.25) is 0 Å². The van der Waals surface area contributed by atoms with Crippen LogP contribution < -0.4 is 0 Å². The van der Waals surface area contributed by atoms with E-state index in [9.17, 15) is 0 Å². The van der Waals surface area contributed by atoms with Crippen molar-refractivity contribution in [2.75, 3.05) is 0 Å². The average molecular weight is 168 g/mol. The van der Waals surface area contributed by atoms with E-state index in [2.05, 4.69) is 27.7 Å². The largest absolute Gasteiger partial charge is 0.0654 e. The van der Waals surface area contributed by atoms with Crippen LogP contribution in [-0.2, 0) is 0 Å². The minimum absolute atomic E-state index is 0.705. The van der Waals surface area contributed by atoms with Crippen LogP contribution in [0, 0.1) is 17.3 Å². The molecule has 1 rings (SSSR count). The van der Waals surface area contributed by atoms with Crippen molar-refractivity contribution in [3.63, 3.8) is 0 Å². The highest BCUT2D eigenvalue weighted by molar-refractivity contribution is 4.92. The van der Waals surface area contributed by atoms with Gasteiger partial charge in [-0.25, -0.2) is 0 Å². The second kappa shape index (κ2) is 3.81. The van der Waals surface area contributed by atoms with E-state index in [0.29, 0.717) is 5.41 Å². The molecule has 0 heteroatoms. The fourth-order valence-corrected chi connectivity index (χ4v) is 2.73. The molecule has 1 atom stereocenters. The van der Waals surface area contributed by atoms with Crippen LogP contribution >= 0.6 is 0 Å². The van der Waals surface area contributed by atoms with E-state index < -0.39 is 0 Å². The molecule has 1 aliphatic rings. The van der Waals surface area contributed by atoms with Gasteiger partial charge in [-0.15, -0.1) is 0 Å². The van der Waals surface area contributed by atoms with Crippen LogP contribution in [0.15, 0.2) is 0 Å². The predicted molar refractivity (Wildman–Crippen MR) is 55.2 cm³/mol. The van der Waals surface area contributed by atoms with Gasteiger partial charge in [0.2, 0.25) is 0 Å². The summed E-state index contributed by atoms with van der Waals surface area (Å²) in [6.07, 6.45) is 7.16. The van der Waals surface area contributed by atoms with Gasteiger partial charge in [0, 0.05) is 0 Å². The molecule has 1 fully saturated rings. The number of rotatable bonds is 4.